The SMILES string of the molecule is C=CCCCC(=O)C(C)CN. The van der Waals surface area contributed by atoms with Crippen molar-refractivity contribution in [2.75, 3.05) is 6.54 Å². The van der Waals surface area contributed by atoms with Crippen LogP contribution in [0.1, 0.15) is 26.2 Å². The predicted octanol–water partition coefficient (Wildman–Crippen LogP) is 1.51. The third-order valence-corrected chi connectivity index (χ3v) is 1.73. The summed E-state index contributed by atoms with van der Waals surface area (Å²) in [6.45, 7) is 5.92. The first kappa shape index (κ1) is 10.4. The fourth-order valence-electron chi connectivity index (χ4n) is 0.798. The Bertz CT molecular complexity index is 132. The molecule has 0 saturated carbocycles. The van der Waals surface area contributed by atoms with Gasteiger partial charge in [-0.3, -0.25) is 4.79 Å². The van der Waals surface area contributed by atoms with E-state index in [1.165, 1.54) is 0 Å². The molecule has 1 atom stereocenters. The van der Waals surface area contributed by atoms with Crippen LogP contribution in [0.2, 0.25) is 0 Å². The summed E-state index contributed by atoms with van der Waals surface area (Å²) in [5.74, 6) is 0.300. The highest BCUT2D eigenvalue weighted by Gasteiger charge is 2.08. The molecule has 11 heavy (non-hydrogen) atoms. The number of rotatable bonds is 6. The van der Waals surface area contributed by atoms with Crippen molar-refractivity contribution in [3.05, 3.63) is 12.7 Å². The molecule has 0 fully saturated rings. The lowest BCUT2D eigenvalue weighted by Gasteiger charge is -2.05. The molecule has 1 unspecified atom stereocenters. The second-order valence-electron chi connectivity index (χ2n) is 2.78. The molecule has 2 nitrogen and oxygen atoms in total. The topological polar surface area (TPSA) is 43.1 Å². The molecule has 0 aromatic rings. The maximum absolute atomic E-state index is 11.1. The molecule has 0 bridgehead atoms. The first-order valence-corrected chi connectivity index (χ1v) is 4.06. The summed E-state index contributed by atoms with van der Waals surface area (Å²) in [4.78, 5) is 11.1. The van der Waals surface area contributed by atoms with Gasteiger partial charge in [0.25, 0.3) is 0 Å². The van der Waals surface area contributed by atoms with Crippen molar-refractivity contribution in [3.8, 4) is 0 Å². The number of ketones is 1. The zero-order valence-electron chi connectivity index (χ0n) is 7.18. The van der Waals surface area contributed by atoms with Crippen LogP contribution in [0.5, 0.6) is 0 Å². The molecule has 0 amide bonds. The number of hydrogen-bond acceptors (Lipinski definition) is 2. The van der Waals surface area contributed by atoms with Gasteiger partial charge in [-0.15, -0.1) is 6.58 Å². The van der Waals surface area contributed by atoms with Gasteiger partial charge in [-0.05, 0) is 12.8 Å². The molecule has 0 aromatic carbocycles. The lowest BCUT2D eigenvalue weighted by Crippen LogP contribution is -2.20. The van der Waals surface area contributed by atoms with Crippen LogP contribution in [0.15, 0.2) is 12.7 Å². The van der Waals surface area contributed by atoms with Crippen molar-refractivity contribution in [2.24, 2.45) is 11.7 Å². The average Bonchev–Trinajstić information content (AvgIpc) is 2.03. The van der Waals surface area contributed by atoms with E-state index < -0.39 is 0 Å². The molecular weight excluding hydrogens is 138 g/mol. The summed E-state index contributed by atoms with van der Waals surface area (Å²) in [7, 11) is 0. The molecule has 0 aromatic heterocycles. The van der Waals surface area contributed by atoms with E-state index in [1.807, 2.05) is 13.0 Å². The maximum atomic E-state index is 11.1. The highest BCUT2D eigenvalue weighted by molar-refractivity contribution is 5.80. The fraction of sp³-hybridized carbons (Fsp3) is 0.667. The number of unbranched alkanes of at least 4 members (excludes halogenated alkanes) is 1. The van der Waals surface area contributed by atoms with Gasteiger partial charge < -0.3 is 5.73 Å². The van der Waals surface area contributed by atoms with E-state index in [2.05, 4.69) is 6.58 Å². The number of nitrogens with two attached hydrogens (primary N) is 1. The first-order valence-electron chi connectivity index (χ1n) is 4.06. The van der Waals surface area contributed by atoms with Crippen LogP contribution in [0, 0.1) is 5.92 Å². The van der Waals surface area contributed by atoms with Gasteiger partial charge in [0.05, 0.1) is 0 Å². The van der Waals surface area contributed by atoms with Crippen molar-refractivity contribution in [1.29, 1.82) is 0 Å². The van der Waals surface area contributed by atoms with E-state index >= 15 is 0 Å². The Morgan fingerprint density at radius 3 is 2.82 bits per heavy atom. The largest absolute Gasteiger partial charge is 0.330 e. The molecule has 2 N–H and O–H groups in total. The molecule has 0 aliphatic heterocycles. The standard InChI is InChI=1S/C9H17NO/c1-3-4-5-6-9(11)8(2)7-10/h3,8H,1,4-7,10H2,2H3. The minimum atomic E-state index is 0.0276. The zero-order chi connectivity index (χ0) is 8.69. The fourth-order valence-corrected chi connectivity index (χ4v) is 0.798. The lowest BCUT2D eigenvalue weighted by atomic mass is 10.0. The zero-order valence-corrected chi connectivity index (χ0v) is 7.18. The summed E-state index contributed by atoms with van der Waals surface area (Å²) in [5, 5.41) is 0. The van der Waals surface area contributed by atoms with Gasteiger partial charge >= 0.3 is 0 Å². The van der Waals surface area contributed by atoms with Gasteiger partial charge in [-0.1, -0.05) is 13.0 Å². The summed E-state index contributed by atoms with van der Waals surface area (Å²) < 4.78 is 0. The van der Waals surface area contributed by atoms with E-state index in [9.17, 15) is 4.79 Å². The van der Waals surface area contributed by atoms with Crippen LogP contribution in [0.25, 0.3) is 0 Å². The normalized spacial score (nSPS) is 12.5. The highest BCUT2D eigenvalue weighted by atomic mass is 16.1. The number of hydrogen-bond donors (Lipinski definition) is 1. The lowest BCUT2D eigenvalue weighted by molar-refractivity contribution is -0.122. The monoisotopic (exact) mass is 155 g/mol. The highest BCUT2D eigenvalue weighted by Crippen LogP contribution is 2.03. The summed E-state index contributed by atoms with van der Waals surface area (Å²) in [6, 6.07) is 0. The van der Waals surface area contributed by atoms with Gasteiger partial charge in [0.2, 0.25) is 0 Å². The van der Waals surface area contributed by atoms with E-state index in [4.69, 9.17) is 5.73 Å². The molecule has 0 radical (unpaired) electrons. The van der Waals surface area contributed by atoms with E-state index in [0.717, 1.165) is 12.8 Å². The second-order valence-corrected chi connectivity index (χ2v) is 2.78. The molecule has 0 aliphatic rings. The number of carbonyl (C=O) groups excluding carboxylic acids is 1. The summed E-state index contributed by atoms with van der Waals surface area (Å²) in [5.41, 5.74) is 5.34. The van der Waals surface area contributed by atoms with E-state index in [0.29, 0.717) is 13.0 Å². The Morgan fingerprint density at radius 1 is 1.73 bits per heavy atom. The van der Waals surface area contributed by atoms with Crippen LogP contribution < -0.4 is 5.73 Å². The summed E-state index contributed by atoms with van der Waals surface area (Å²) >= 11 is 0. The molecule has 2 heteroatoms. The van der Waals surface area contributed by atoms with Crippen LogP contribution in [-0.4, -0.2) is 12.3 Å². The molecule has 0 heterocycles. The first-order chi connectivity index (χ1) is 5.22. The molecule has 0 spiro atoms. The molecule has 0 rings (SSSR count). The van der Waals surface area contributed by atoms with Gasteiger partial charge in [0, 0.05) is 18.9 Å². The average molecular weight is 155 g/mol. The van der Waals surface area contributed by atoms with Crippen molar-refractivity contribution in [1.82, 2.24) is 0 Å². The quantitative estimate of drug-likeness (QED) is 0.466. The minimum absolute atomic E-state index is 0.0276. The van der Waals surface area contributed by atoms with Crippen molar-refractivity contribution in [3.63, 3.8) is 0 Å². The van der Waals surface area contributed by atoms with Crippen molar-refractivity contribution in [2.45, 2.75) is 26.2 Å². The Hall–Kier alpha value is -0.630. The number of allylic oxidation sites excluding steroid dienone is 1. The van der Waals surface area contributed by atoms with Crippen LogP contribution in [-0.2, 0) is 4.79 Å². The Labute approximate surface area is 68.5 Å². The van der Waals surface area contributed by atoms with E-state index in [-0.39, 0.29) is 11.7 Å². The third-order valence-electron chi connectivity index (χ3n) is 1.73. The number of Topliss-reactive ketones (excluding diaryl/α,β-unsaturated/α-hetero) is 1. The predicted molar refractivity (Wildman–Crippen MR) is 47.3 cm³/mol. The molecule has 64 valence electrons. The van der Waals surface area contributed by atoms with Crippen molar-refractivity contribution >= 4 is 5.78 Å². The van der Waals surface area contributed by atoms with Gasteiger partial charge in [-0.2, -0.15) is 0 Å². The molecular formula is C9H17NO. The van der Waals surface area contributed by atoms with Gasteiger partial charge in [-0.25, -0.2) is 0 Å². The maximum Gasteiger partial charge on any atom is 0.136 e. The van der Waals surface area contributed by atoms with Crippen LogP contribution >= 0.6 is 0 Å². The van der Waals surface area contributed by atoms with Crippen LogP contribution in [0.3, 0.4) is 0 Å². The van der Waals surface area contributed by atoms with Crippen molar-refractivity contribution < 1.29 is 4.79 Å². The van der Waals surface area contributed by atoms with Gasteiger partial charge in [0.1, 0.15) is 5.78 Å². The third kappa shape index (κ3) is 4.73. The number of carbonyl (C=O) groups is 1. The Morgan fingerprint density at radius 2 is 2.36 bits per heavy atom. The van der Waals surface area contributed by atoms with Gasteiger partial charge in [0.15, 0.2) is 0 Å². The molecule has 0 aliphatic carbocycles. The van der Waals surface area contributed by atoms with Crippen LogP contribution in [0.4, 0.5) is 0 Å². The second kappa shape index (κ2) is 6.10. The Kier molecular flexibility index (Phi) is 5.75. The van der Waals surface area contributed by atoms with E-state index in [1.54, 1.807) is 0 Å². The minimum Gasteiger partial charge on any atom is -0.330 e. The summed E-state index contributed by atoms with van der Waals surface area (Å²) in [6.07, 6.45) is 4.31. The Balaban J connectivity index is 3.43. The smallest absolute Gasteiger partial charge is 0.136 e. The molecule has 0 saturated heterocycles.